The van der Waals surface area contributed by atoms with Crippen molar-refractivity contribution in [2.24, 2.45) is 0 Å². The van der Waals surface area contributed by atoms with E-state index >= 15 is 0 Å². The number of carbonyl (C=O) groups excluding carboxylic acids is 2. The van der Waals surface area contributed by atoms with E-state index in [0.717, 1.165) is 37.1 Å². The molecular formula is C28H28N8O2. The third kappa shape index (κ3) is 6.90. The zero-order chi connectivity index (χ0) is 26.2. The van der Waals surface area contributed by atoms with Gasteiger partial charge in [0.25, 0.3) is 0 Å². The van der Waals surface area contributed by atoms with E-state index in [9.17, 15) is 9.59 Å². The molecule has 1 aliphatic carbocycles. The Kier molecular flexibility index (Phi) is 8.17. The van der Waals surface area contributed by atoms with E-state index in [-0.39, 0.29) is 49.1 Å². The number of rotatable bonds is 10. The number of ketones is 2. The molecule has 0 radical (unpaired) electrons. The molecule has 0 amide bonds. The Labute approximate surface area is 220 Å². The molecule has 0 saturated heterocycles. The van der Waals surface area contributed by atoms with Crippen molar-refractivity contribution in [1.29, 1.82) is 0 Å². The van der Waals surface area contributed by atoms with Crippen LogP contribution in [-0.4, -0.2) is 51.9 Å². The topological polar surface area (TPSA) is 137 Å². The Balaban J connectivity index is 1.14. The molecular weight excluding hydrogens is 480 g/mol. The highest BCUT2D eigenvalue weighted by atomic mass is 16.1. The standard InChI is InChI=1S/C28H28N8O2/c37-23(17-27-29-10-2-11-30-27)15-21-6-8-25(35-33-21)19-4-1-5-20(14-19)26-9-7-22(34-36-26)16-24(38)18-28-31-12-3-13-32-28/h2-3,6-13,19-20H,1,4-5,14-18H2/t19-,20-/m0/s1. The van der Waals surface area contributed by atoms with Gasteiger partial charge >= 0.3 is 0 Å². The van der Waals surface area contributed by atoms with Gasteiger partial charge in [-0.05, 0) is 55.7 Å². The second kappa shape index (κ2) is 12.3. The molecule has 0 aliphatic heterocycles. The minimum absolute atomic E-state index is 0.00750. The molecule has 0 bridgehead atoms. The van der Waals surface area contributed by atoms with Crippen molar-refractivity contribution < 1.29 is 9.59 Å². The Morgan fingerprint density at radius 1 is 0.605 bits per heavy atom. The van der Waals surface area contributed by atoms with E-state index in [4.69, 9.17) is 0 Å². The minimum atomic E-state index is 0.00750. The van der Waals surface area contributed by atoms with Crippen molar-refractivity contribution in [2.75, 3.05) is 0 Å². The van der Waals surface area contributed by atoms with Gasteiger partial charge < -0.3 is 0 Å². The lowest BCUT2D eigenvalue weighted by molar-refractivity contribution is -0.118. The molecule has 4 aromatic heterocycles. The van der Waals surface area contributed by atoms with E-state index in [0.29, 0.717) is 23.0 Å². The molecule has 1 saturated carbocycles. The third-order valence-corrected chi connectivity index (χ3v) is 6.70. The summed E-state index contributed by atoms with van der Waals surface area (Å²) in [6, 6.07) is 11.2. The van der Waals surface area contributed by atoms with Gasteiger partial charge in [-0.1, -0.05) is 6.42 Å². The van der Waals surface area contributed by atoms with Crippen molar-refractivity contribution in [1.82, 2.24) is 40.3 Å². The highest BCUT2D eigenvalue weighted by Crippen LogP contribution is 2.39. The van der Waals surface area contributed by atoms with Crippen molar-refractivity contribution in [2.45, 2.75) is 63.2 Å². The van der Waals surface area contributed by atoms with Crippen LogP contribution in [0.5, 0.6) is 0 Å². The number of hydrogen-bond acceptors (Lipinski definition) is 10. The Hall–Kier alpha value is -4.34. The molecule has 10 nitrogen and oxygen atoms in total. The summed E-state index contributed by atoms with van der Waals surface area (Å²) in [5, 5.41) is 17.6. The summed E-state index contributed by atoms with van der Waals surface area (Å²) < 4.78 is 0. The van der Waals surface area contributed by atoms with Crippen LogP contribution in [0.3, 0.4) is 0 Å². The van der Waals surface area contributed by atoms with E-state index < -0.39 is 0 Å². The van der Waals surface area contributed by atoms with Gasteiger partial charge in [0.2, 0.25) is 0 Å². The lowest BCUT2D eigenvalue weighted by Gasteiger charge is -2.28. The van der Waals surface area contributed by atoms with Crippen LogP contribution in [-0.2, 0) is 35.3 Å². The maximum Gasteiger partial charge on any atom is 0.146 e. The highest BCUT2D eigenvalue weighted by Gasteiger charge is 2.27. The first-order valence-electron chi connectivity index (χ1n) is 12.8. The van der Waals surface area contributed by atoms with Gasteiger partial charge in [-0.25, -0.2) is 19.9 Å². The maximum atomic E-state index is 12.3. The van der Waals surface area contributed by atoms with Crippen molar-refractivity contribution >= 4 is 11.6 Å². The molecule has 38 heavy (non-hydrogen) atoms. The molecule has 0 spiro atoms. The van der Waals surface area contributed by atoms with Gasteiger partial charge in [0.05, 0.1) is 48.5 Å². The van der Waals surface area contributed by atoms with Crippen LogP contribution in [0.25, 0.3) is 0 Å². The van der Waals surface area contributed by atoms with E-state index in [2.05, 4.69) is 40.3 Å². The minimum Gasteiger partial charge on any atom is -0.299 e. The normalized spacial score (nSPS) is 17.2. The summed E-state index contributed by atoms with van der Waals surface area (Å²) in [6.45, 7) is 0. The first kappa shape index (κ1) is 25.3. The molecule has 10 heteroatoms. The predicted molar refractivity (Wildman–Crippen MR) is 137 cm³/mol. The molecule has 0 N–H and O–H groups in total. The molecule has 4 aromatic rings. The monoisotopic (exact) mass is 508 g/mol. The average Bonchev–Trinajstić information content (AvgIpc) is 2.95. The zero-order valence-electron chi connectivity index (χ0n) is 21.0. The molecule has 192 valence electrons. The largest absolute Gasteiger partial charge is 0.299 e. The predicted octanol–water partition coefficient (Wildman–Crippen LogP) is 3.00. The Morgan fingerprint density at radius 3 is 1.45 bits per heavy atom. The first-order chi connectivity index (χ1) is 18.6. The van der Waals surface area contributed by atoms with E-state index in [1.165, 1.54) is 0 Å². The second-order valence-electron chi connectivity index (χ2n) is 9.57. The maximum absolute atomic E-state index is 12.3. The molecule has 1 aliphatic rings. The van der Waals surface area contributed by atoms with Crippen molar-refractivity contribution in [3.8, 4) is 0 Å². The summed E-state index contributed by atoms with van der Waals surface area (Å²) >= 11 is 0. The van der Waals surface area contributed by atoms with Crippen LogP contribution in [0.2, 0.25) is 0 Å². The van der Waals surface area contributed by atoms with Crippen LogP contribution < -0.4 is 0 Å². The lowest BCUT2D eigenvalue weighted by atomic mass is 9.78. The number of hydrogen-bond donors (Lipinski definition) is 0. The Bertz CT molecular complexity index is 1240. The van der Waals surface area contributed by atoms with Crippen molar-refractivity contribution in [3.63, 3.8) is 0 Å². The molecule has 1 fully saturated rings. The summed E-state index contributed by atoms with van der Waals surface area (Å²) in [7, 11) is 0. The first-order valence-corrected chi connectivity index (χ1v) is 12.8. The van der Waals surface area contributed by atoms with Crippen LogP contribution in [0, 0.1) is 0 Å². The molecule has 4 heterocycles. The average molecular weight is 509 g/mol. The molecule has 0 unspecified atom stereocenters. The fraction of sp³-hybridized carbons (Fsp3) is 0.357. The van der Waals surface area contributed by atoms with Crippen molar-refractivity contribution in [3.05, 3.63) is 95.6 Å². The smallest absolute Gasteiger partial charge is 0.146 e. The second-order valence-corrected chi connectivity index (χ2v) is 9.57. The summed E-state index contributed by atoms with van der Waals surface area (Å²) in [6.07, 6.45) is 11.4. The van der Waals surface area contributed by atoms with Gasteiger partial charge in [-0.15, -0.1) is 0 Å². The van der Waals surface area contributed by atoms with Crippen LogP contribution in [0.15, 0.2) is 61.2 Å². The summed E-state index contributed by atoms with van der Waals surface area (Å²) in [5.74, 6) is 1.59. The highest BCUT2D eigenvalue weighted by molar-refractivity contribution is 5.82. The summed E-state index contributed by atoms with van der Waals surface area (Å²) in [5.41, 5.74) is 3.18. The third-order valence-electron chi connectivity index (χ3n) is 6.70. The number of Topliss-reactive ketones (excluding diaryl/α,β-unsaturated/α-hetero) is 2. The number of carbonyl (C=O) groups is 2. The van der Waals surface area contributed by atoms with Gasteiger partial charge in [0.15, 0.2) is 0 Å². The van der Waals surface area contributed by atoms with Gasteiger partial charge in [0, 0.05) is 36.6 Å². The quantitative estimate of drug-likeness (QED) is 0.314. The van der Waals surface area contributed by atoms with E-state index in [1.54, 1.807) is 36.9 Å². The molecule has 0 aromatic carbocycles. The summed E-state index contributed by atoms with van der Waals surface area (Å²) in [4.78, 5) is 41.1. The van der Waals surface area contributed by atoms with Crippen LogP contribution in [0.4, 0.5) is 0 Å². The van der Waals surface area contributed by atoms with E-state index in [1.807, 2.05) is 24.3 Å². The van der Waals surface area contributed by atoms with Gasteiger partial charge in [0.1, 0.15) is 23.2 Å². The molecule has 5 rings (SSSR count). The van der Waals surface area contributed by atoms with Crippen LogP contribution >= 0.6 is 0 Å². The SMILES string of the molecule is O=C(Cc1ccc([C@H]2CCC[C@H](c3ccc(CC(=O)Cc4ncccn4)nn3)C2)nn1)Cc1ncccn1. The molecule has 2 atom stereocenters. The van der Waals surface area contributed by atoms with Gasteiger partial charge in [-0.2, -0.15) is 20.4 Å². The zero-order valence-corrected chi connectivity index (χ0v) is 21.0. The Morgan fingerprint density at radius 2 is 1.05 bits per heavy atom. The van der Waals surface area contributed by atoms with Crippen LogP contribution in [0.1, 0.15) is 71.9 Å². The fourth-order valence-electron chi connectivity index (χ4n) is 4.82. The number of aromatic nitrogens is 8. The van der Waals surface area contributed by atoms with Gasteiger partial charge in [-0.3, -0.25) is 9.59 Å². The fourth-order valence-corrected chi connectivity index (χ4v) is 4.82. The number of nitrogens with zero attached hydrogens (tertiary/aromatic N) is 8. The lowest BCUT2D eigenvalue weighted by Crippen LogP contribution is -2.17.